The Kier molecular flexibility index (Phi) is 5.43. The number of hydrogen-bond acceptors (Lipinski definition) is 3. The van der Waals surface area contributed by atoms with Crippen LogP contribution >= 0.6 is 0 Å². The molecule has 0 atom stereocenters. The highest BCUT2D eigenvalue weighted by molar-refractivity contribution is 6.02. The van der Waals surface area contributed by atoms with Gasteiger partial charge in [0.2, 0.25) is 5.91 Å². The van der Waals surface area contributed by atoms with E-state index < -0.39 is 17.7 Å². The second-order valence-corrected chi connectivity index (χ2v) is 5.47. The topological polar surface area (TPSA) is 55.4 Å². The molecule has 0 fully saturated rings. The SMILES string of the molecule is CC(C)(C)COC(=O)/C=C/C(=O)Nc1ccccc1F. The molecule has 0 aliphatic carbocycles. The van der Waals surface area contributed by atoms with E-state index in [9.17, 15) is 14.0 Å². The van der Waals surface area contributed by atoms with Crippen molar-refractivity contribution in [2.24, 2.45) is 5.41 Å². The third-order valence-electron chi connectivity index (χ3n) is 2.15. The molecule has 20 heavy (non-hydrogen) atoms. The van der Waals surface area contributed by atoms with Crippen LogP contribution in [-0.4, -0.2) is 18.5 Å². The lowest BCUT2D eigenvalue weighted by Gasteiger charge is -2.16. The van der Waals surface area contributed by atoms with Gasteiger partial charge in [-0.2, -0.15) is 0 Å². The van der Waals surface area contributed by atoms with Crippen LogP contribution in [0.25, 0.3) is 0 Å². The lowest BCUT2D eigenvalue weighted by molar-refractivity contribution is -0.140. The van der Waals surface area contributed by atoms with Crippen molar-refractivity contribution in [3.63, 3.8) is 0 Å². The van der Waals surface area contributed by atoms with E-state index in [1.807, 2.05) is 20.8 Å². The molecule has 1 aromatic rings. The van der Waals surface area contributed by atoms with Crippen LogP contribution in [0.5, 0.6) is 0 Å². The molecule has 0 bridgehead atoms. The number of ether oxygens (including phenoxy) is 1. The Morgan fingerprint density at radius 3 is 2.50 bits per heavy atom. The number of benzene rings is 1. The van der Waals surface area contributed by atoms with Gasteiger partial charge in [-0.25, -0.2) is 9.18 Å². The number of amides is 1. The molecule has 0 unspecified atom stereocenters. The number of carbonyl (C=O) groups is 2. The van der Waals surface area contributed by atoms with Gasteiger partial charge in [-0.05, 0) is 17.5 Å². The first-order valence-electron chi connectivity index (χ1n) is 6.18. The summed E-state index contributed by atoms with van der Waals surface area (Å²) in [6, 6.07) is 5.78. The number of para-hydroxylation sites is 1. The summed E-state index contributed by atoms with van der Waals surface area (Å²) in [6.45, 7) is 6.03. The molecule has 1 N–H and O–H groups in total. The summed E-state index contributed by atoms with van der Waals surface area (Å²) in [7, 11) is 0. The van der Waals surface area contributed by atoms with Crippen LogP contribution in [0.2, 0.25) is 0 Å². The van der Waals surface area contributed by atoms with Crippen molar-refractivity contribution in [1.82, 2.24) is 0 Å². The Labute approximate surface area is 117 Å². The van der Waals surface area contributed by atoms with Crippen molar-refractivity contribution >= 4 is 17.6 Å². The summed E-state index contributed by atoms with van der Waals surface area (Å²) < 4.78 is 18.2. The lowest BCUT2D eigenvalue weighted by atomic mass is 9.99. The van der Waals surface area contributed by atoms with Crippen molar-refractivity contribution in [2.45, 2.75) is 20.8 Å². The van der Waals surface area contributed by atoms with Crippen LogP contribution in [0.15, 0.2) is 36.4 Å². The van der Waals surface area contributed by atoms with Crippen molar-refractivity contribution in [3.8, 4) is 0 Å². The molecule has 0 radical (unpaired) electrons. The molecule has 108 valence electrons. The molecule has 0 aliphatic heterocycles. The summed E-state index contributed by atoms with van der Waals surface area (Å²) in [4.78, 5) is 22.8. The maximum absolute atomic E-state index is 13.3. The van der Waals surface area contributed by atoms with Gasteiger partial charge in [0.1, 0.15) is 5.82 Å². The highest BCUT2D eigenvalue weighted by Crippen LogP contribution is 2.13. The van der Waals surface area contributed by atoms with Gasteiger partial charge in [-0.15, -0.1) is 0 Å². The smallest absolute Gasteiger partial charge is 0.330 e. The molecule has 1 aromatic carbocycles. The van der Waals surface area contributed by atoms with E-state index in [1.54, 1.807) is 6.07 Å². The van der Waals surface area contributed by atoms with E-state index in [-0.39, 0.29) is 17.7 Å². The van der Waals surface area contributed by atoms with Gasteiger partial charge >= 0.3 is 5.97 Å². The molecule has 0 spiro atoms. The van der Waals surface area contributed by atoms with Crippen LogP contribution in [0.1, 0.15) is 20.8 Å². The molecule has 5 heteroatoms. The molecule has 0 aromatic heterocycles. The minimum Gasteiger partial charge on any atom is -0.462 e. The molecule has 0 saturated carbocycles. The number of nitrogens with one attached hydrogen (secondary N) is 1. The molecule has 0 aliphatic rings. The maximum Gasteiger partial charge on any atom is 0.330 e. The Bertz CT molecular complexity index is 518. The molecule has 1 amide bonds. The fourth-order valence-corrected chi connectivity index (χ4v) is 1.22. The number of esters is 1. The van der Waals surface area contributed by atoms with Crippen molar-refractivity contribution < 1.29 is 18.7 Å². The molecule has 0 heterocycles. The standard InChI is InChI=1S/C15H18FNO3/c1-15(2,3)10-20-14(19)9-8-13(18)17-12-7-5-4-6-11(12)16/h4-9H,10H2,1-3H3,(H,17,18)/b9-8+. The fraction of sp³-hybridized carbons (Fsp3) is 0.333. The van der Waals surface area contributed by atoms with Crippen LogP contribution in [0, 0.1) is 11.2 Å². The Morgan fingerprint density at radius 1 is 1.25 bits per heavy atom. The first-order chi connectivity index (χ1) is 9.28. The monoisotopic (exact) mass is 279 g/mol. The van der Waals surface area contributed by atoms with Gasteiger partial charge < -0.3 is 10.1 Å². The highest BCUT2D eigenvalue weighted by Gasteiger charge is 2.12. The van der Waals surface area contributed by atoms with Gasteiger partial charge in [-0.3, -0.25) is 4.79 Å². The molecule has 1 rings (SSSR count). The predicted octanol–water partition coefficient (Wildman–Crippen LogP) is 2.91. The van der Waals surface area contributed by atoms with E-state index in [0.29, 0.717) is 0 Å². The number of carbonyl (C=O) groups excluding carboxylic acids is 2. The van der Waals surface area contributed by atoms with Gasteiger partial charge in [0.15, 0.2) is 0 Å². The number of hydrogen-bond donors (Lipinski definition) is 1. The number of halogens is 1. The second kappa shape index (κ2) is 6.84. The Hall–Kier alpha value is -2.17. The largest absolute Gasteiger partial charge is 0.462 e. The quantitative estimate of drug-likeness (QED) is 0.681. The third-order valence-corrected chi connectivity index (χ3v) is 2.15. The molecular weight excluding hydrogens is 261 g/mol. The Morgan fingerprint density at radius 2 is 1.90 bits per heavy atom. The summed E-state index contributed by atoms with van der Waals surface area (Å²) in [5.74, 6) is -1.74. The van der Waals surface area contributed by atoms with Gasteiger partial charge in [0.05, 0.1) is 12.3 Å². The average Bonchev–Trinajstić information content (AvgIpc) is 2.36. The molecule has 4 nitrogen and oxygen atoms in total. The van der Waals surface area contributed by atoms with Crippen LogP contribution < -0.4 is 5.32 Å². The second-order valence-electron chi connectivity index (χ2n) is 5.47. The summed E-state index contributed by atoms with van der Waals surface area (Å²) in [6.07, 6.45) is 2.03. The van der Waals surface area contributed by atoms with E-state index >= 15 is 0 Å². The first kappa shape index (κ1) is 15.9. The van der Waals surface area contributed by atoms with Crippen molar-refractivity contribution in [1.29, 1.82) is 0 Å². The maximum atomic E-state index is 13.3. The first-order valence-corrected chi connectivity index (χ1v) is 6.18. The summed E-state index contributed by atoms with van der Waals surface area (Å²) in [5.41, 5.74) is -0.0796. The van der Waals surface area contributed by atoms with E-state index in [2.05, 4.69) is 5.32 Å². The zero-order valence-corrected chi connectivity index (χ0v) is 11.8. The highest BCUT2D eigenvalue weighted by atomic mass is 19.1. The minimum absolute atomic E-state index is 0.0604. The zero-order valence-electron chi connectivity index (χ0n) is 11.8. The minimum atomic E-state index is -0.608. The van der Waals surface area contributed by atoms with Gasteiger partial charge in [-0.1, -0.05) is 32.9 Å². The molecule has 0 saturated heterocycles. The Balaban J connectivity index is 2.48. The fourth-order valence-electron chi connectivity index (χ4n) is 1.22. The van der Waals surface area contributed by atoms with Gasteiger partial charge in [0.25, 0.3) is 0 Å². The lowest BCUT2D eigenvalue weighted by Crippen LogP contribution is -2.17. The predicted molar refractivity (Wildman–Crippen MR) is 74.6 cm³/mol. The van der Waals surface area contributed by atoms with Gasteiger partial charge in [0, 0.05) is 12.2 Å². The zero-order chi connectivity index (χ0) is 15.2. The van der Waals surface area contributed by atoms with Crippen LogP contribution in [-0.2, 0) is 14.3 Å². The van der Waals surface area contributed by atoms with Crippen molar-refractivity contribution in [2.75, 3.05) is 11.9 Å². The number of rotatable bonds is 4. The average molecular weight is 279 g/mol. The summed E-state index contributed by atoms with van der Waals surface area (Å²) in [5, 5.41) is 2.33. The third kappa shape index (κ3) is 6.13. The van der Waals surface area contributed by atoms with Crippen molar-refractivity contribution in [3.05, 3.63) is 42.2 Å². The van der Waals surface area contributed by atoms with Crippen LogP contribution in [0.3, 0.4) is 0 Å². The molecular formula is C15H18FNO3. The number of anilines is 1. The van der Waals surface area contributed by atoms with E-state index in [0.717, 1.165) is 12.2 Å². The summed E-state index contributed by atoms with van der Waals surface area (Å²) >= 11 is 0. The van der Waals surface area contributed by atoms with E-state index in [4.69, 9.17) is 4.74 Å². The van der Waals surface area contributed by atoms with Crippen LogP contribution in [0.4, 0.5) is 10.1 Å². The normalized spacial score (nSPS) is 11.4. The van der Waals surface area contributed by atoms with E-state index in [1.165, 1.54) is 18.2 Å².